The average Bonchev–Trinajstić information content (AvgIpc) is 2.52. The van der Waals surface area contributed by atoms with E-state index in [4.69, 9.17) is 4.74 Å². The van der Waals surface area contributed by atoms with E-state index in [0.29, 0.717) is 6.54 Å². The molecule has 1 heterocycles. The number of hydrogen-bond acceptors (Lipinski definition) is 3. The third-order valence-corrected chi connectivity index (χ3v) is 3.54. The maximum atomic E-state index is 12.9. The molecule has 1 aromatic rings. The van der Waals surface area contributed by atoms with Crippen LogP contribution in [-0.4, -0.2) is 31.6 Å². The minimum atomic E-state index is -4.52. The van der Waals surface area contributed by atoms with Gasteiger partial charge in [0.2, 0.25) is 0 Å². The summed E-state index contributed by atoms with van der Waals surface area (Å²) >= 11 is 0. The fourth-order valence-electron chi connectivity index (χ4n) is 2.40. The predicted molar refractivity (Wildman–Crippen MR) is 87.7 cm³/mol. The van der Waals surface area contributed by atoms with Gasteiger partial charge in [-0.15, -0.1) is 12.4 Å². The van der Waals surface area contributed by atoms with Crippen LogP contribution in [0.3, 0.4) is 0 Å². The van der Waals surface area contributed by atoms with Crippen LogP contribution < -0.4 is 15.4 Å². The molecule has 1 atom stereocenters. The van der Waals surface area contributed by atoms with E-state index in [1.807, 2.05) is 0 Å². The lowest BCUT2D eigenvalue weighted by atomic mass is 10.1. The molecule has 8 heteroatoms. The van der Waals surface area contributed by atoms with Gasteiger partial charge in [-0.2, -0.15) is 13.2 Å². The summed E-state index contributed by atoms with van der Waals surface area (Å²) in [6.45, 7) is 5.08. The molecule has 0 saturated carbocycles. The van der Waals surface area contributed by atoms with Gasteiger partial charge in [0.05, 0.1) is 11.1 Å². The Kier molecular flexibility index (Phi) is 7.57. The second-order valence-electron chi connectivity index (χ2n) is 5.33. The highest BCUT2D eigenvalue weighted by Crippen LogP contribution is 2.32. The van der Waals surface area contributed by atoms with Gasteiger partial charge in [0.15, 0.2) is 0 Å². The van der Waals surface area contributed by atoms with Crippen LogP contribution in [0.1, 0.15) is 28.8 Å². The van der Waals surface area contributed by atoms with Crippen molar-refractivity contribution >= 4 is 18.3 Å². The van der Waals surface area contributed by atoms with Gasteiger partial charge in [-0.05, 0) is 37.6 Å². The van der Waals surface area contributed by atoms with Crippen LogP contribution in [0.4, 0.5) is 13.2 Å². The van der Waals surface area contributed by atoms with E-state index in [-0.39, 0.29) is 36.4 Å². The number of nitrogens with one attached hydrogen (secondary N) is 2. The largest absolute Gasteiger partial charge is 0.489 e. The quantitative estimate of drug-likeness (QED) is 0.789. The molecule has 2 N–H and O–H groups in total. The highest BCUT2D eigenvalue weighted by atomic mass is 35.5. The minimum absolute atomic E-state index is 0. The first-order chi connectivity index (χ1) is 10.9. The Bertz CT molecular complexity index is 573. The van der Waals surface area contributed by atoms with Gasteiger partial charge >= 0.3 is 6.18 Å². The van der Waals surface area contributed by atoms with Gasteiger partial charge in [0, 0.05) is 12.6 Å². The Labute approximate surface area is 144 Å². The number of hydrogen-bond donors (Lipinski definition) is 2. The summed E-state index contributed by atoms with van der Waals surface area (Å²) in [5, 5.41) is 5.89. The summed E-state index contributed by atoms with van der Waals surface area (Å²) in [5.41, 5.74) is -0.998. The van der Waals surface area contributed by atoms with E-state index in [9.17, 15) is 18.0 Å². The number of ether oxygens (including phenoxy) is 1. The molecule has 2 rings (SSSR count). The molecule has 4 nitrogen and oxygen atoms in total. The van der Waals surface area contributed by atoms with E-state index in [1.54, 1.807) is 0 Å². The zero-order valence-corrected chi connectivity index (χ0v) is 13.8. The van der Waals surface area contributed by atoms with E-state index in [2.05, 4.69) is 17.2 Å². The monoisotopic (exact) mass is 364 g/mol. The van der Waals surface area contributed by atoms with Crippen molar-refractivity contribution in [2.24, 2.45) is 0 Å². The molecule has 1 aliphatic heterocycles. The van der Waals surface area contributed by atoms with E-state index >= 15 is 0 Å². The lowest BCUT2D eigenvalue weighted by molar-refractivity contribution is -0.137. The Balaban J connectivity index is 0.00000288. The highest BCUT2D eigenvalue weighted by molar-refractivity contribution is 5.97. The Hall–Kier alpha value is -1.73. The SMILES string of the molecule is C=CCOc1ccc(C(F)(F)F)cc1C(=O)N[C@H]1CCCNC1.Cl. The Morgan fingerprint density at radius 1 is 1.46 bits per heavy atom. The van der Waals surface area contributed by atoms with E-state index < -0.39 is 17.6 Å². The normalized spacial score (nSPS) is 17.5. The van der Waals surface area contributed by atoms with Crippen LogP contribution in [-0.2, 0) is 6.18 Å². The topological polar surface area (TPSA) is 50.4 Å². The van der Waals surface area contributed by atoms with Gasteiger partial charge in [0.1, 0.15) is 12.4 Å². The molecule has 1 saturated heterocycles. The summed E-state index contributed by atoms with van der Waals surface area (Å²) in [5.74, 6) is -0.456. The lowest BCUT2D eigenvalue weighted by Crippen LogP contribution is -2.45. The maximum absolute atomic E-state index is 12.9. The summed E-state index contributed by atoms with van der Waals surface area (Å²) in [7, 11) is 0. The highest BCUT2D eigenvalue weighted by Gasteiger charge is 2.32. The standard InChI is InChI=1S/C16H19F3N2O2.ClH/c1-2-8-23-14-6-5-11(16(17,18)19)9-13(14)15(22)21-12-4-3-7-20-10-12;/h2,5-6,9,12,20H,1,3-4,7-8,10H2,(H,21,22);1H/t12-;/m0./s1. The van der Waals surface area contributed by atoms with Crippen molar-refractivity contribution in [2.45, 2.75) is 25.1 Å². The van der Waals surface area contributed by atoms with Gasteiger partial charge in [0.25, 0.3) is 5.91 Å². The smallest absolute Gasteiger partial charge is 0.416 e. The summed E-state index contributed by atoms with van der Waals surface area (Å²) in [6.07, 6.45) is -1.35. The molecule has 0 spiro atoms. The van der Waals surface area contributed by atoms with Gasteiger partial charge < -0.3 is 15.4 Å². The molecule has 0 bridgehead atoms. The first-order valence-corrected chi connectivity index (χ1v) is 7.38. The number of halogens is 4. The summed E-state index contributed by atoms with van der Waals surface area (Å²) in [4.78, 5) is 12.4. The fourth-order valence-corrected chi connectivity index (χ4v) is 2.40. The molecule has 0 aliphatic carbocycles. The molecule has 1 fully saturated rings. The number of amides is 1. The third-order valence-electron chi connectivity index (χ3n) is 3.54. The number of benzene rings is 1. The van der Waals surface area contributed by atoms with Crippen molar-refractivity contribution in [3.63, 3.8) is 0 Å². The Morgan fingerprint density at radius 3 is 2.79 bits per heavy atom. The van der Waals surface area contributed by atoms with Crippen molar-refractivity contribution in [1.29, 1.82) is 0 Å². The first-order valence-electron chi connectivity index (χ1n) is 7.38. The third kappa shape index (κ3) is 5.42. The zero-order valence-electron chi connectivity index (χ0n) is 13.0. The average molecular weight is 365 g/mol. The van der Waals surface area contributed by atoms with Crippen LogP contribution in [0.15, 0.2) is 30.9 Å². The number of carbonyl (C=O) groups is 1. The molecular formula is C16H20ClF3N2O2. The lowest BCUT2D eigenvalue weighted by Gasteiger charge is -2.24. The molecule has 24 heavy (non-hydrogen) atoms. The van der Waals surface area contributed by atoms with Gasteiger partial charge in [-0.25, -0.2) is 0 Å². The van der Waals surface area contributed by atoms with Crippen LogP contribution in [0, 0.1) is 0 Å². The van der Waals surface area contributed by atoms with Crippen LogP contribution >= 0.6 is 12.4 Å². The second kappa shape index (κ2) is 8.94. The molecule has 0 radical (unpaired) electrons. The molecular weight excluding hydrogens is 345 g/mol. The maximum Gasteiger partial charge on any atom is 0.416 e. The van der Waals surface area contributed by atoms with E-state index in [1.165, 1.54) is 12.1 Å². The molecule has 0 aromatic heterocycles. The van der Waals surface area contributed by atoms with Gasteiger partial charge in [-0.3, -0.25) is 4.79 Å². The van der Waals surface area contributed by atoms with Crippen LogP contribution in [0.25, 0.3) is 0 Å². The van der Waals surface area contributed by atoms with E-state index in [0.717, 1.165) is 31.5 Å². The summed E-state index contributed by atoms with van der Waals surface area (Å²) in [6, 6.07) is 2.79. The fraction of sp³-hybridized carbons (Fsp3) is 0.438. The van der Waals surface area contributed by atoms with Crippen molar-refractivity contribution in [3.05, 3.63) is 42.0 Å². The Morgan fingerprint density at radius 2 is 2.21 bits per heavy atom. The first kappa shape index (κ1) is 20.3. The predicted octanol–water partition coefficient (Wildman–Crippen LogP) is 3.17. The van der Waals surface area contributed by atoms with Gasteiger partial charge in [-0.1, -0.05) is 12.7 Å². The van der Waals surface area contributed by atoms with Crippen LogP contribution in [0.2, 0.25) is 0 Å². The number of carbonyl (C=O) groups excluding carboxylic acids is 1. The van der Waals surface area contributed by atoms with Crippen LogP contribution in [0.5, 0.6) is 5.75 Å². The van der Waals surface area contributed by atoms with Crippen molar-refractivity contribution in [2.75, 3.05) is 19.7 Å². The number of piperidine rings is 1. The molecule has 1 aromatic carbocycles. The number of alkyl halides is 3. The molecule has 0 unspecified atom stereocenters. The zero-order chi connectivity index (χ0) is 16.9. The van der Waals surface area contributed by atoms with Crippen molar-refractivity contribution in [3.8, 4) is 5.75 Å². The molecule has 134 valence electrons. The second-order valence-corrected chi connectivity index (χ2v) is 5.33. The summed E-state index contributed by atoms with van der Waals surface area (Å²) < 4.78 is 43.9. The molecule has 1 amide bonds. The number of rotatable bonds is 5. The molecule has 1 aliphatic rings. The minimum Gasteiger partial charge on any atom is -0.489 e. The van der Waals surface area contributed by atoms with Crippen molar-refractivity contribution in [1.82, 2.24) is 10.6 Å². The van der Waals surface area contributed by atoms with Crippen molar-refractivity contribution < 1.29 is 22.7 Å².